The second kappa shape index (κ2) is 8.65. The summed E-state index contributed by atoms with van der Waals surface area (Å²) in [6.45, 7) is 9.46. The Labute approximate surface area is 172 Å². The molecular formula is C25H41NO2. The fraction of sp³-hybridized carbons (Fsp3) is 0.760. The molecule has 1 aromatic rings. The van der Waals surface area contributed by atoms with Crippen LogP contribution in [0, 0.1) is 23.2 Å². The van der Waals surface area contributed by atoms with Gasteiger partial charge in [0.15, 0.2) is 0 Å². The standard InChI is InChI=1S/C25H41NO2/c1-18(9-7-15-24(2,3)28-5)21-13-14-22-23(12-8-16-25(21,22)4)26-19-10-6-11-20(27)17-19/h6,10-11,17-18,21-23,26-27H,7-9,12-16H2,1-5H3/t18-,21-,22+,23+,25-/m1/s1. The van der Waals surface area contributed by atoms with Crippen molar-refractivity contribution in [1.82, 2.24) is 0 Å². The van der Waals surface area contributed by atoms with Gasteiger partial charge in [-0.2, -0.15) is 0 Å². The summed E-state index contributed by atoms with van der Waals surface area (Å²) in [5.41, 5.74) is 1.51. The van der Waals surface area contributed by atoms with Gasteiger partial charge in [0.2, 0.25) is 0 Å². The number of benzene rings is 1. The first-order valence-electron chi connectivity index (χ1n) is 11.4. The number of ether oxygens (including phenoxy) is 1. The molecular weight excluding hydrogens is 346 g/mol. The van der Waals surface area contributed by atoms with Crippen molar-refractivity contribution in [3.05, 3.63) is 24.3 Å². The quantitative estimate of drug-likeness (QED) is 0.526. The average molecular weight is 388 g/mol. The molecule has 0 unspecified atom stereocenters. The summed E-state index contributed by atoms with van der Waals surface area (Å²) in [4.78, 5) is 0. The zero-order valence-electron chi connectivity index (χ0n) is 18.6. The third kappa shape index (κ3) is 4.67. The Morgan fingerprint density at radius 2 is 2.07 bits per heavy atom. The van der Waals surface area contributed by atoms with E-state index in [9.17, 15) is 5.11 Å². The number of anilines is 1. The van der Waals surface area contributed by atoms with Crippen LogP contribution in [0.25, 0.3) is 0 Å². The number of phenolic OH excluding ortho intramolecular Hbond substituents is 1. The number of methoxy groups -OCH3 is 1. The molecule has 0 heterocycles. The van der Waals surface area contributed by atoms with E-state index in [-0.39, 0.29) is 5.60 Å². The van der Waals surface area contributed by atoms with Crippen LogP contribution in [-0.2, 0) is 4.74 Å². The Morgan fingerprint density at radius 3 is 2.79 bits per heavy atom. The minimum absolute atomic E-state index is 0.00291. The van der Waals surface area contributed by atoms with E-state index >= 15 is 0 Å². The maximum absolute atomic E-state index is 9.80. The molecule has 28 heavy (non-hydrogen) atoms. The van der Waals surface area contributed by atoms with E-state index in [0.29, 0.717) is 17.2 Å². The smallest absolute Gasteiger partial charge is 0.117 e. The van der Waals surface area contributed by atoms with Crippen molar-refractivity contribution < 1.29 is 9.84 Å². The zero-order valence-corrected chi connectivity index (χ0v) is 18.6. The van der Waals surface area contributed by atoms with Crippen molar-refractivity contribution in [2.75, 3.05) is 12.4 Å². The van der Waals surface area contributed by atoms with E-state index < -0.39 is 0 Å². The van der Waals surface area contributed by atoms with Gasteiger partial charge >= 0.3 is 0 Å². The lowest BCUT2D eigenvalue weighted by Gasteiger charge is -2.47. The van der Waals surface area contributed by atoms with E-state index in [1.54, 1.807) is 6.07 Å². The third-order valence-electron chi connectivity index (χ3n) is 8.08. The predicted octanol–water partition coefficient (Wildman–Crippen LogP) is 6.62. The molecule has 0 amide bonds. The second-order valence-electron chi connectivity index (χ2n) is 10.3. The highest BCUT2D eigenvalue weighted by molar-refractivity contribution is 5.48. The summed E-state index contributed by atoms with van der Waals surface area (Å²) in [7, 11) is 1.83. The van der Waals surface area contributed by atoms with Crippen LogP contribution in [0.3, 0.4) is 0 Å². The molecule has 5 atom stereocenters. The van der Waals surface area contributed by atoms with E-state index in [4.69, 9.17) is 4.74 Å². The SMILES string of the molecule is COC(C)(C)CCC[C@@H](C)[C@H]1CC[C@H]2[C@@H](Nc3cccc(O)c3)CCC[C@]12C. The number of nitrogens with one attached hydrogen (secondary N) is 1. The fourth-order valence-corrected chi connectivity index (χ4v) is 6.30. The fourth-order valence-electron chi connectivity index (χ4n) is 6.30. The summed E-state index contributed by atoms with van der Waals surface area (Å²) < 4.78 is 5.60. The zero-order chi connectivity index (χ0) is 20.4. The van der Waals surface area contributed by atoms with Crippen molar-refractivity contribution in [1.29, 1.82) is 0 Å². The molecule has 0 aliphatic heterocycles. The van der Waals surface area contributed by atoms with Gasteiger partial charge < -0.3 is 15.2 Å². The lowest BCUT2D eigenvalue weighted by molar-refractivity contribution is 0.00986. The number of rotatable bonds is 8. The Balaban J connectivity index is 1.62. The molecule has 2 N–H and O–H groups in total. The van der Waals surface area contributed by atoms with E-state index in [1.165, 1.54) is 44.9 Å². The van der Waals surface area contributed by atoms with Crippen molar-refractivity contribution >= 4 is 5.69 Å². The van der Waals surface area contributed by atoms with Gasteiger partial charge in [0, 0.05) is 24.9 Å². The second-order valence-corrected chi connectivity index (χ2v) is 10.3. The molecule has 2 aliphatic carbocycles. The number of fused-ring (bicyclic) bond motifs is 1. The van der Waals surface area contributed by atoms with Crippen LogP contribution in [0.1, 0.15) is 79.1 Å². The van der Waals surface area contributed by atoms with E-state index in [2.05, 4.69) is 39.1 Å². The minimum Gasteiger partial charge on any atom is -0.508 e. The Morgan fingerprint density at radius 1 is 1.29 bits per heavy atom. The van der Waals surface area contributed by atoms with Gasteiger partial charge in [-0.15, -0.1) is 0 Å². The molecule has 1 aromatic carbocycles. The van der Waals surface area contributed by atoms with E-state index in [1.807, 2.05) is 19.2 Å². The molecule has 0 radical (unpaired) electrons. The molecule has 2 saturated carbocycles. The van der Waals surface area contributed by atoms with Gasteiger partial charge in [-0.25, -0.2) is 0 Å². The van der Waals surface area contributed by atoms with Crippen molar-refractivity contribution in [2.45, 2.75) is 90.7 Å². The first-order valence-corrected chi connectivity index (χ1v) is 11.4. The van der Waals surface area contributed by atoms with Crippen molar-refractivity contribution in [3.63, 3.8) is 0 Å². The van der Waals surface area contributed by atoms with Crippen LogP contribution < -0.4 is 5.32 Å². The van der Waals surface area contributed by atoms with Crippen molar-refractivity contribution in [3.8, 4) is 5.75 Å². The summed E-state index contributed by atoms with van der Waals surface area (Å²) in [5, 5.41) is 13.6. The monoisotopic (exact) mass is 387 g/mol. The molecule has 0 bridgehead atoms. The minimum atomic E-state index is 0.00291. The van der Waals surface area contributed by atoms with Crippen molar-refractivity contribution in [2.24, 2.45) is 23.2 Å². The van der Waals surface area contributed by atoms with Gasteiger partial charge in [0.05, 0.1) is 5.60 Å². The lowest BCUT2D eigenvalue weighted by Crippen LogP contribution is -2.44. The molecule has 3 nitrogen and oxygen atoms in total. The summed E-state index contributed by atoms with van der Waals surface area (Å²) in [5.74, 6) is 2.70. The summed E-state index contributed by atoms with van der Waals surface area (Å²) in [6, 6.07) is 8.15. The summed E-state index contributed by atoms with van der Waals surface area (Å²) >= 11 is 0. The molecule has 0 saturated heterocycles. The maximum Gasteiger partial charge on any atom is 0.117 e. The van der Waals surface area contributed by atoms with Gasteiger partial charge in [-0.3, -0.25) is 0 Å². The molecule has 2 fully saturated rings. The third-order valence-corrected chi connectivity index (χ3v) is 8.08. The number of aromatic hydroxyl groups is 1. The molecule has 0 spiro atoms. The van der Waals surface area contributed by atoms with Gasteiger partial charge in [-0.1, -0.05) is 39.2 Å². The lowest BCUT2D eigenvalue weighted by atomic mass is 9.60. The Kier molecular flexibility index (Phi) is 6.64. The average Bonchev–Trinajstić information content (AvgIpc) is 2.99. The highest BCUT2D eigenvalue weighted by atomic mass is 16.5. The molecule has 3 rings (SSSR count). The van der Waals surface area contributed by atoms with Gasteiger partial charge in [-0.05, 0) is 81.3 Å². The molecule has 0 aromatic heterocycles. The Hall–Kier alpha value is -1.22. The molecule has 2 aliphatic rings. The highest BCUT2D eigenvalue weighted by Gasteiger charge is 2.52. The van der Waals surface area contributed by atoms with Crippen LogP contribution in [-0.4, -0.2) is 23.9 Å². The summed E-state index contributed by atoms with van der Waals surface area (Å²) in [6.07, 6.45) is 10.3. The largest absolute Gasteiger partial charge is 0.508 e. The Bertz CT molecular complexity index is 643. The number of hydrogen-bond acceptors (Lipinski definition) is 3. The normalized spacial score (nSPS) is 31.4. The maximum atomic E-state index is 9.80. The predicted molar refractivity (Wildman–Crippen MR) is 118 cm³/mol. The van der Waals surface area contributed by atoms with Crippen LogP contribution >= 0.6 is 0 Å². The first kappa shape index (κ1) is 21.5. The topological polar surface area (TPSA) is 41.5 Å². The van der Waals surface area contributed by atoms with Gasteiger partial charge in [0.25, 0.3) is 0 Å². The van der Waals surface area contributed by atoms with E-state index in [0.717, 1.165) is 29.9 Å². The van der Waals surface area contributed by atoms with Crippen LogP contribution in [0.2, 0.25) is 0 Å². The number of phenols is 1. The van der Waals surface area contributed by atoms with Crippen LogP contribution in [0.15, 0.2) is 24.3 Å². The number of hydrogen-bond donors (Lipinski definition) is 2. The molecule has 158 valence electrons. The van der Waals surface area contributed by atoms with Crippen LogP contribution in [0.4, 0.5) is 5.69 Å². The molecule has 3 heteroatoms. The van der Waals surface area contributed by atoms with Gasteiger partial charge in [0.1, 0.15) is 5.75 Å². The highest BCUT2D eigenvalue weighted by Crippen LogP contribution is 2.58. The first-order chi connectivity index (χ1) is 13.2. The van der Waals surface area contributed by atoms with Crippen LogP contribution in [0.5, 0.6) is 5.75 Å².